The molecule has 0 aromatic heterocycles. The molecule has 1 aromatic carbocycles. The van der Waals surface area contributed by atoms with E-state index in [1.54, 1.807) is 13.0 Å². The normalized spacial score (nSPS) is 11.7. The Morgan fingerprint density at radius 3 is 2.22 bits per heavy atom. The first-order chi connectivity index (χ1) is 8.20. The predicted molar refractivity (Wildman–Crippen MR) is 61.9 cm³/mol. The van der Waals surface area contributed by atoms with Crippen molar-refractivity contribution in [1.82, 2.24) is 0 Å². The van der Waals surface area contributed by atoms with Crippen molar-refractivity contribution >= 4 is 5.78 Å². The molecule has 0 atom stereocenters. The summed E-state index contributed by atoms with van der Waals surface area (Å²) in [5.74, 6) is -0.431. The molecular formula is C13H15F3O2. The van der Waals surface area contributed by atoms with Gasteiger partial charge in [-0.05, 0) is 43.5 Å². The number of ketones is 1. The molecule has 0 bridgehead atoms. The number of carbonyl (C=O) groups is 1. The highest BCUT2D eigenvalue weighted by Gasteiger charge is 2.28. The summed E-state index contributed by atoms with van der Waals surface area (Å²) in [6.45, 7) is 3.56. The zero-order chi connectivity index (χ0) is 13.9. The van der Waals surface area contributed by atoms with Crippen LogP contribution in [0, 0.1) is 20.8 Å². The molecule has 0 radical (unpaired) electrons. The molecule has 0 saturated carbocycles. The van der Waals surface area contributed by atoms with Gasteiger partial charge in [0.05, 0.1) is 0 Å². The number of hydrogen-bond acceptors (Lipinski definition) is 2. The minimum absolute atomic E-state index is 0.417. The van der Waals surface area contributed by atoms with E-state index in [0.29, 0.717) is 5.56 Å². The van der Waals surface area contributed by atoms with E-state index in [0.717, 1.165) is 16.7 Å². The van der Waals surface area contributed by atoms with E-state index >= 15 is 0 Å². The molecule has 0 spiro atoms. The van der Waals surface area contributed by atoms with Crippen molar-refractivity contribution in [3.8, 4) is 0 Å². The van der Waals surface area contributed by atoms with Gasteiger partial charge in [0.25, 0.3) is 0 Å². The molecule has 0 N–H and O–H groups in total. The molecule has 1 rings (SSSR count). The molecule has 0 unspecified atom stereocenters. The molecule has 0 aliphatic rings. The molecule has 0 saturated heterocycles. The average Bonchev–Trinajstić information content (AvgIpc) is 2.21. The van der Waals surface area contributed by atoms with Crippen LogP contribution in [-0.2, 0) is 4.74 Å². The maximum absolute atomic E-state index is 11.9. The monoisotopic (exact) mass is 260 g/mol. The Hall–Kier alpha value is -1.36. The third-order valence-electron chi connectivity index (χ3n) is 2.64. The van der Waals surface area contributed by atoms with E-state index < -0.39 is 25.2 Å². The fourth-order valence-corrected chi connectivity index (χ4v) is 1.60. The van der Waals surface area contributed by atoms with Crippen LogP contribution in [0.1, 0.15) is 27.0 Å². The lowest BCUT2D eigenvalue weighted by Crippen LogP contribution is -2.20. The summed E-state index contributed by atoms with van der Waals surface area (Å²) in [6.07, 6.45) is -4.40. The average molecular weight is 260 g/mol. The van der Waals surface area contributed by atoms with E-state index in [9.17, 15) is 18.0 Å². The number of rotatable bonds is 4. The first kappa shape index (κ1) is 14.7. The van der Waals surface area contributed by atoms with Crippen LogP contribution in [0.5, 0.6) is 0 Å². The van der Waals surface area contributed by atoms with E-state index in [-0.39, 0.29) is 0 Å². The largest absolute Gasteiger partial charge is 0.411 e. The van der Waals surface area contributed by atoms with Crippen LogP contribution in [0.25, 0.3) is 0 Å². The summed E-state index contributed by atoms with van der Waals surface area (Å²) < 4.78 is 40.0. The number of aryl methyl sites for hydroxylation is 3. The highest BCUT2D eigenvalue weighted by atomic mass is 19.4. The number of hydrogen-bond donors (Lipinski definition) is 0. The lowest BCUT2D eigenvalue weighted by atomic mass is 9.98. The van der Waals surface area contributed by atoms with Crippen molar-refractivity contribution in [3.63, 3.8) is 0 Å². The fourth-order valence-electron chi connectivity index (χ4n) is 1.60. The van der Waals surface area contributed by atoms with E-state index in [1.807, 2.05) is 19.9 Å². The molecule has 0 fully saturated rings. The predicted octanol–water partition coefficient (Wildman–Crippen LogP) is 3.37. The third-order valence-corrected chi connectivity index (χ3v) is 2.64. The Labute approximate surface area is 104 Å². The maximum atomic E-state index is 11.9. The zero-order valence-corrected chi connectivity index (χ0v) is 10.5. The van der Waals surface area contributed by atoms with Gasteiger partial charge in [0, 0.05) is 5.56 Å². The number of carbonyl (C=O) groups excluding carboxylic acids is 1. The van der Waals surface area contributed by atoms with Gasteiger partial charge >= 0.3 is 6.18 Å². The Bertz CT molecular complexity index is 450. The second kappa shape index (κ2) is 5.52. The third kappa shape index (κ3) is 4.14. The summed E-state index contributed by atoms with van der Waals surface area (Å²) in [5.41, 5.74) is 3.14. The Kier molecular flexibility index (Phi) is 4.51. The fraction of sp³-hybridized carbons (Fsp3) is 0.462. The Morgan fingerprint density at radius 1 is 1.11 bits per heavy atom. The molecule has 18 heavy (non-hydrogen) atoms. The van der Waals surface area contributed by atoms with Gasteiger partial charge in [-0.3, -0.25) is 4.79 Å². The summed E-state index contributed by atoms with van der Waals surface area (Å²) in [4.78, 5) is 11.7. The highest BCUT2D eigenvalue weighted by Crippen LogP contribution is 2.17. The quantitative estimate of drug-likeness (QED) is 0.776. The molecule has 100 valence electrons. The van der Waals surface area contributed by atoms with Gasteiger partial charge in [0.1, 0.15) is 13.2 Å². The maximum Gasteiger partial charge on any atom is 0.411 e. The second-order valence-electron chi connectivity index (χ2n) is 4.28. The van der Waals surface area contributed by atoms with E-state index in [4.69, 9.17) is 0 Å². The van der Waals surface area contributed by atoms with Gasteiger partial charge in [-0.25, -0.2) is 0 Å². The van der Waals surface area contributed by atoms with E-state index in [2.05, 4.69) is 4.74 Å². The Balaban J connectivity index is 2.70. The minimum atomic E-state index is -4.40. The lowest BCUT2D eigenvalue weighted by Gasteiger charge is -2.10. The summed E-state index contributed by atoms with van der Waals surface area (Å²) >= 11 is 0. The number of alkyl halides is 3. The van der Waals surface area contributed by atoms with Crippen molar-refractivity contribution in [2.75, 3.05) is 13.2 Å². The van der Waals surface area contributed by atoms with Crippen LogP contribution in [0.4, 0.5) is 13.2 Å². The van der Waals surface area contributed by atoms with Crippen LogP contribution in [0.3, 0.4) is 0 Å². The number of ether oxygens (including phenoxy) is 1. The summed E-state index contributed by atoms with van der Waals surface area (Å²) in [6, 6.07) is 3.52. The van der Waals surface area contributed by atoms with Crippen LogP contribution in [-0.4, -0.2) is 25.2 Å². The number of benzene rings is 1. The van der Waals surface area contributed by atoms with Crippen LogP contribution >= 0.6 is 0 Å². The molecule has 0 aliphatic carbocycles. The molecule has 0 heterocycles. The number of Topliss-reactive ketones (excluding diaryl/α,β-unsaturated/α-hetero) is 1. The van der Waals surface area contributed by atoms with Crippen LogP contribution in [0.15, 0.2) is 12.1 Å². The van der Waals surface area contributed by atoms with E-state index in [1.165, 1.54) is 0 Å². The van der Waals surface area contributed by atoms with Crippen molar-refractivity contribution in [2.24, 2.45) is 0 Å². The van der Waals surface area contributed by atoms with Gasteiger partial charge in [-0.2, -0.15) is 13.2 Å². The van der Waals surface area contributed by atoms with Crippen molar-refractivity contribution in [1.29, 1.82) is 0 Å². The van der Waals surface area contributed by atoms with Crippen molar-refractivity contribution in [3.05, 3.63) is 34.4 Å². The first-order valence-corrected chi connectivity index (χ1v) is 5.46. The lowest BCUT2D eigenvalue weighted by molar-refractivity contribution is -0.170. The SMILES string of the molecule is Cc1cc(C)c(C(=O)COCC(F)(F)F)cc1C. The zero-order valence-electron chi connectivity index (χ0n) is 10.5. The van der Waals surface area contributed by atoms with Gasteiger partial charge in [-0.1, -0.05) is 6.07 Å². The molecular weight excluding hydrogens is 245 g/mol. The van der Waals surface area contributed by atoms with Gasteiger partial charge in [0.2, 0.25) is 0 Å². The summed E-state index contributed by atoms with van der Waals surface area (Å²) in [7, 11) is 0. The second-order valence-corrected chi connectivity index (χ2v) is 4.28. The summed E-state index contributed by atoms with van der Waals surface area (Å²) in [5, 5.41) is 0. The standard InChI is InChI=1S/C13H15F3O2/c1-8-4-10(3)11(5-9(8)2)12(17)6-18-7-13(14,15)16/h4-5H,6-7H2,1-3H3. The van der Waals surface area contributed by atoms with Crippen molar-refractivity contribution < 1.29 is 22.7 Å². The Morgan fingerprint density at radius 2 is 1.67 bits per heavy atom. The van der Waals surface area contributed by atoms with Gasteiger partial charge in [0.15, 0.2) is 5.78 Å². The highest BCUT2D eigenvalue weighted by molar-refractivity contribution is 5.98. The van der Waals surface area contributed by atoms with Gasteiger partial charge < -0.3 is 4.74 Å². The topological polar surface area (TPSA) is 26.3 Å². The molecule has 1 aromatic rings. The smallest absolute Gasteiger partial charge is 0.364 e. The molecule has 0 aliphatic heterocycles. The van der Waals surface area contributed by atoms with Gasteiger partial charge in [-0.15, -0.1) is 0 Å². The molecule has 0 amide bonds. The first-order valence-electron chi connectivity index (χ1n) is 5.46. The molecule has 2 nitrogen and oxygen atoms in total. The molecule has 5 heteroatoms. The minimum Gasteiger partial charge on any atom is -0.364 e. The van der Waals surface area contributed by atoms with Crippen molar-refractivity contribution in [2.45, 2.75) is 26.9 Å². The number of halogens is 3. The van der Waals surface area contributed by atoms with Crippen LogP contribution in [0.2, 0.25) is 0 Å². The van der Waals surface area contributed by atoms with Crippen LogP contribution < -0.4 is 0 Å².